The first-order valence-corrected chi connectivity index (χ1v) is 12.7. The van der Waals surface area contributed by atoms with Crippen LogP contribution >= 0.6 is 0 Å². The van der Waals surface area contributed by atoms with Gasteiger partial charge in [-0.05, 0) is 67.6 Å². The van der Waals surface area contributed by atoms with Gasteiger partial charge in [0, 0.05) is 12.5 Å². The van der Waals surface area contributed by atoms with E-state index in [1.54, 1.807) is 12.1 Å². The molecule has 1 aliphatic carbocycles. The first-order chi connectivity index (χ1) is 14.5. The Bertz CT molecular complexity index is 842. The number of carbonyl (C=O) groups excluding carboxylic acids is 2. The Morgan fingerprint density at radius 1 is 1.03 bits per heavy atom. The van der Waals surface area contributed by atoms with Crippen LogP contribution in [-0.2, 0) is 26.0 Å². The van der Waals surface area contributed by atoms with E-state index >= 15 is 0 Å². The van der Waals surface area contributed by atoms with E-state index in [2.05, 4.69) is 24.5 Å². The van der Waals surface area contributed by atoms with Crippen molar-refractivity contribution < 1.29 is 18.0 Å². The van der Waals surface area contributed by atoms with Crippen molar-refractivity contribution in [1.82, 2.24) is 10.6 Å². The van der Waals surface area contributed by atoms with Crippen molar-refractivity contribution in [2.45, 2.75) is 70.7 Å². The van der Waals surface area contributed by atoms with Gasteiger partial charge in [-0.15, -0.1) is 0 Å². The number of nitrogens with two attached hydrogens (primary N) is 1. The van der Waals surface area contributed by atoms with Crippen LogP contribution in [0.1, 0.15) is 58.9 Å². The number of sulfonamides is 1. The number of nitrogens with one attached hydrogen (secondary N) is 2. The monoisotopic (exact) mass is 451 g/mol. The van der Waals surface area contributed by atoms with E-state index < -0.39 is 16.1 Å². The van der Waals surface area contributed by atoms with Crippen LogP contribution < -0.4 is 15.8 Å². The van der Waals surface area contributed by atoms with Gasteiger partial charge in [0.15, 0.2) is 0 Å². The van der Waals surface area contributed by atoms with Gasteiger partial charge in [-0.25, -0.2) is 13.6 Å². The van der Waals surface area contributed by atoms with E-state index in [0.717, 1.165) is 31.2 Å². The maximum atomic E-state index is 12.8. The van der Waals surface area contributed by atoms with Crippen LogP contribution in [0.25, 0.3) is 0 Å². The molecule has 1 aliphatic rings. The highest BCUT2D eigenvalue weighted by Gasteiger charge is 2.31. The third kappa shape index (κ3) is 7.61. The Morgan fingerprint density at radius 2 is 1.61 bits per heavy atom. The van der Waals surface area contributed by atoms with E-state index in [9.17, 15) is 18.0 Å². The van der Waals surface area contributed by atoms with Gasteiger partial charge < -0.3 is 10.6 Å². The lowest BCUT2D eigenvalue weighted by Gasteiger charge is -2.31. The van der Waals surface area contributed by atoms with Crippen molar-refractivity contribution in [1.29, 1.82) is 0 Å². The fraction of sp³-hybridized carbons (Fsp3) is 0.652. The van der Waals surface area contributed by atoms with Crippen LogP contribution in [-0.4, -0.2) is 32.8 Å². The molecule has 1 aromatic rings. The molecular formula is C23H37N3O4S. The highest BCUT2D eigenvalue weighted by Crippen LogP contribution is 2.33. The topological polar surface area (TPSA) is 118 Å². The number of hydrogen-bond acceptors (Lipinski definition) is 4. The second-order valence-corrected chi connectivity index (χ2v) is 10.9. The molecule has 0 aliphatic heterocycles. The molecule has 0 saturated heterocycles. The predicted octanol–water partition coefficient (Wildman–Crippen LogP) is 2.60. The first kappa shape index (κ1) is 25.3. The van der Waals surface area contributed by atoms with Gasteiger partial charge in [0.05, 0.1) is 4.90 Å². The third-order valence-electron chi connectivity index (χ3n) is 6.30. The molecule has 31 heavy (non-hydrogen) atoms. The van der Waals surface area contributed by atoms with Crippen molar-refractivity contribution in [3.63, 3.8) is 0 Å². The van der Waals surface area contributed by atoms with E-state index in [1.807, 2.05) is 13.8 Å². The van der Waals surface area contributed by atoms with Gasteiger partial charge in [0.25, 0.3) is 0 Å². The normalized spacial score (nSPS) is 20.5. The zero-order chi connectivity index (χ0) is 23.2. The van der Waals surface area contributed by atoms with Gasteiger partial charge in [-0.1, -0.05) is 39.8 Å². The second-order valence-electron chi connectivity index (χ2n) is 9.32. The summed E-state index contributed by atoms with van der Waals surface area (Å²) in [5.74, 6) is 1.09. The Balaban J connectivity index is 1.84. The van der Waals surface area contributed by atoms with Gasteiger partial charge in [-0.3, -0.25) is 9.59 Å². The molecule has 174 valence electrons. The standard InChI is InChI=1S/C23H37N3O4S/c1-15(2)18-7-9-19(10-8-18)22(27)26-21(16(3)4)23(28)25-14-13-17-5-11-20(12-6-17)31(24,29)30/h5-6,11-12,15-16,18-19,21H,7-10,13-14H2,1-4H3,(H,25,28)(H,26,27)(H2,24,29,30). The molecule has 1 unspecified atom stereocenters. The van der Waals surface area contributed by atoms with Crippen molar-refractivity contribution >= 4 is 21.8 Å². The van der Waals surface area contributed by atoms with Crippen molar-refractivity contribution in [3.8, 4) is 0 Å². The maximum Gasteiger partial charge on any atom is 0.242 e. The van der Waals surface area contributed by atoms with Crippen LogP contribution in [0.15, 0.2) is 29.2 Å². The largest absolute Gasteiger partial charge is 0.354 e. The zero-order valence-corrected chi connectivity index (χ0v) is 19.9. The molecule has 2 amide bonds. The Morgan fingerprint density at radius 3 is 2.10 bits per heavy atom. The van der Waals surface area contributed by atoms with Gasteiger partial charge in [-0.2, -0.15) is 0 Å². The number of rotatable bonds is 9. The van der Waals surface area contributed by atoms with E-state index in [4.69, 9.17) is 5.14 Å². The van der Waals surface area contributed by atoms with Crippen LogP contribution in [0.3, 0.4) is 0 Å². The number of benzene rings is 1. The fourth-order valence-corrected chi connectivity index (χ4v) is 4.66. The molecule has 1 atom stereocenters. The maximum absolute atomic E-state index is 12.8. The predicted molar refractivity (Wildman–Crippen MR) is 122 cm³/mol. The molecule has 1 fully saturated rings. The summed E-state index contributed by atoms with van der Waals surface area (Å²) in [7, 11) is -3.71. The molecule has 8 heteroatoms. The highest BCUT2D eigenvalue weighted by molar-refractivity contribution is 7.89. The summed E-state index contributed by atoms with van der Waals surface area (Å²) >= 11 is 0. The minimum absolute atomic E-state index is 0.0126. The molecule has 0 aromatic heterocycles. The number of primary sulfonamides is 1. The lowest BCUT2D eigenvalue weighted by atomic mass is 9.76. The third-order valence-corrected chi connectivity index (χ3v) is 7.23. The lowest BCUT2D eigenvalue weighted by molar-refractivity contribution is -0.133. The van der Waals surface area contributed by atoms with E-state index in [0.29, 0.717) is 24.8 Å². The van der Waals surface area contributed by atoms with Crippen LogP contribution in [0.5, 0.6) is 0 Å². The minimum Gasteiger partial charge on any atom is -0.354 e. The summed E-state index contributed by atoms with van der Waals surface area (Å²) in [6.45, 7) is 8.71. The lowest BCUT2D eigenvalue weighted by Crippen LogP contribution is -2.51. The van der Waals surface area contributed by atoms with Gasteiger partial charge in [0.1, 0.15) is 6.04 Å². The Kier molecular flexibility index (Phi) is 9.06. The molecule has 1 saturated carbocycles. The molecule has 0 radical (unpaired) electrons. The number of carbonyl (C=O) groups is 2. The summed E-state index contributed by atoms with van der Waals surface area (Å²) < 4.78 is 22.6. The number of hydrogen-bond donors (Lipinski definition) is 3. The van der Waals surface area contributed by atoms with Gasteiger partial charge >= 0.3 is 0 Å². The summed E-state index contributed by atoms with van der Waals surface area (Å²) in [6.07, 6.45) is 4.46. The molecule has 0 spiro atoms. The van der Waals surface area contributed by atoms with Gasteiger partial charge in [0.2, 0.25) is 21.8 Å². The minimum atomic E-state index is -3.71. The molecule has 4 N–H and O–H groups in total. The fourth-order valence-electron chi connectivity index (χ4n) is 4.14. The molecule has 1 aromatic carbocycles. The van der Waals surface area contributed by atoms with Crippen LogP contribution in [0.2, 0.25) is 0 Å². The average molecular weight is 452 g/mol. The van der Waals surface area contributed by atoms with E-state index in [-0.39, 0.29) is 28.5 Å². The Labute approximate surface area is 186 Å². The second kappa shape index (κ2) is 11.1. The average Bonchev–Trinajstić information content (AvgIpc) is 2.71. The highest BCUT2D eigenvalue weighted by atomic mass is 32.2. The molecule has 7 nitrogen and oxygen atoms in total. The molecule has 2 rings (SSSR count). The smallest absolute Gasteiger partial charge is 0.242 e. The summed E-state index contributed by atoms with van der Waals surface area (Å²) in [6, 6.07) is 5.71. The summed E-state index contributed by atoms with van der Waals surface area (Å²) in [5, 5.41) is 11.0. The molecular weight excluding hydrogens is 414 g/mol. The quantitative estimate of drug-likeness (QED) is 0.535. The SMILES string of the molecule is CC(C)C1CCC(C(=O)NC(C(=O)NCCc2ccc(S(N)(=O)=O)cc2)C(C)C)CC1. The van der Waals surface area contributed by atoms with Crippen LogP contribution in [0.4, 0.5) is 0 Å². The van der Waals surface area contributed by atoms with Crippen LogP contribution in [0, 0.1) is 23.7 Å². The zero-order valence-electron chi connectivity index (χ0n) is 19.1. The Hall–Kier alpha value is -1.93. The van der Waals surface area contributed by atoms with Crippen molar-refractivity contribution in [2.24, 2.45) is 28.8 Å². The molecule has 0 bridgehead atoms. The van der Waals surface area contributed by atoms with Crippen molar-refractivity contribution in [3.05, 3.63) is 29.8 Å². The van der Waals surface area contributed by atoms with E-state index in [1.165, 1.54) is 12.1 Å². The summed E-state index contributed by atoms with van der Waals surface area (Å²) in [5.41, 5.74) is 0.889. The first-order valence-electron chi connectivity index (χ1n) is 11.2. The molecule has 0 heterocycles. The number of amides is 2. The summed E-state index contributed by atoms with van der Waals surface area (Å²) in [4.78, 5) is 25.5. The van der Waals surface area contributed by atoms with Crippen molar-refractivity contribution in [2.75, 3.05) is 6.54 Å².